The number of carbonyl (C=O) groups is 2. The largest absolute Gasteiger partial charge is 0.478 e. The number of hydrogen-bond donors (Lipinski definition) is 2. The number of carboxylic acid groups (broad SMARTS) is 1. The van der Waals surface area contributed by atoms with Crippen molar-refractivity contribution in [2.75, 3.05) is 33.7 Å². The second-order valence-corrected chi connectivity index (χ2v) is 7.60. The molecule has 0 unspecified atom stereocenters. The summed E-state index contributed by atoms with van der Waals surface area (Å²) in [6.07, 6.45) is 3.53. The van der Waals surface area contributed by atoms with E-state index >= 15 is 0 Å². The first-order valence-corrected chi connectivity index (χ1v) is 11.1. The van der Waals surface area contributed by atoms with Crippen LogP contribution in [-0.4, -0.2) is 50.6 Å². The van der Waals surface area contributed by atoms with Crippen LogP contribution in [0.3, 0.4) is 0 Å². The van der Waals surface area contributed by atoms with Crippen LogP contribution in [0.4, 0.5) is 0 Å². The molecule has 8 heteroatoms. The summed E-state index contributed by atoms with van der Waals surface area (Å²) >= 11 is 0. The molecule has 3 rings (SSSR count). The molecule has 0 aliphatic rings. The molecule has 3 aromatic carbocycles. The summed E-state index contributed by atoms with van der Waals surface area (Å²) in [5.74, 6) is -0.690. The van der Waals surface area contributed by atoms with E-state index in [1.165, 1.54) is 6.07 Å². The number of hydrogen-bond acceptors (Lipinski definition) is 6. The Labute approximate surface area is 209 Å². The number of nitriles is 1. The maximum absolute atomic E-state index is 12.5. The molecule has 36 heavy (non-hydrogen) atoms. The fourth-order valence-corrected chi connectivity index (χ4v) is 3.27. The molecule has 0 bridgehead atoms. The van der Waals surface area contributed by atoms with Gasteiger partial charge in [-0.15, -0.1) is 0 Å². The molecule has 0 atom stereocenters. The number of aromatic carboxylic acids is 1. The van der Waals surface area contributed by atoms with Gasteiger partial charge in [-0.05, 0) is 53.6 Å². The third kappa shape index (κ3) is 7.53. The zero-order chi connectivity index (χ0) is 25.8. The maximum atomic E-state index is 12.5. The first-order valence-electron chi connectivity index (χ1n) is 11.1. The highest BCUT2D eigenvalue weighted by Crippen LogP contribution is 2.22. The number of benzene rings is 3. The number of rotatable bonds is 12. The van der Waals surface area contributed by atoms with E-state index in [2.05, 4.69) is 11.4 Å². The monoisotopic (exact) mass is 486 g/mol. The van der Waals surface area contributed by atoms with Gasteiger partial charge in [0, 0.05) is 24.8 Å². The SMILES string of the molecule is COCCOCOc1ccc(C#N)cc1/C=C/CNC(=O)c1ccc(-c2cccc(C(=O)O)c2)cc1. The molecule has 0 spiro atoms. The van der Waals surface area contributed by atoms with Crippen molar-refractivity contribution in [3.63, 3.8) is 0 Å². The van der Waals surface area contributed by atoms with E-state index in [1.807, 2.05) is 6.07 Å². The Morgan fingerprint density at radius 1 is 1.00 bits per heavy atom. The third-order valence-corrected chi connectivity index (χ3v) is 5.14. The normalized spacial score (nSPS) is 10.7. The highest BCUT2D eigenvalue weighted by Gasteiger charge is 2.08. The predicted octanol–water partition coefficient (Wildman–Crippen LogP) is 4.37. The van der Waals surface area contributed by atoms with Crippen molar-refractivity contribution in [3.05, 3.63) is 95.1 Å². The number of nitrogens with zero attached hydrogens (tertiary/aromatic N) is 1. The van der Waals surface area contributed by atoms with Gasteiger partial charge in [-0.2, -0.15) is 5.26 Å². The lowest BCUT2D eigenvalue weighted by molar-refractivity contribution is -0.00856. The summed E-state index contributed by atoms with van der Waals surface area (Å²) in [5.41, 5.74) is 3.42. The first-order chi connectivity index (χ1) is 17.5. The predicted molar refractivity (Wildman–Crippen MR) is 135 cm³/mol. The minimum absolute atomic E-state index is 0.0451. The van der Waals surface area contributed by atoms with Crippen molar-refractivity contribution in [1.82, 2.24) is 5.32 Å². The molecule has 184 valence electrons. The van der Waals surface area contributed by atoms with Crippen LogP contribution < -0.4 is 10.1 Å². The van der Waals surface area contributed by atoms with Crippen LogP contribution in [0.1, 0.15) is 31.8 Å². The quantitative estimate of drug-likeness (QED) is 0.288. The van der Waals surface area contributed by atoms with Crippen LogP contribution >= 0.6 is 0 Å². The van der Waals surface area contributed by atoms with Crippen molar-refractivity contribution in [3.8, 4) is 22.9 Å². The molecule has 1 amide bonds. The zero-order valence-electron chi connectivity index (χ0n) is 19.8. The van der Waals surface area contributed by atoms with Gasteiger partial charge >= 0.3 is 5.97 Å². The minimum atomic E-state index is -0.991. The van der Waals surface area contributed by atoms with Crippen molar-refractivity contribution in [1.29, 1.82) is 5.26 Å². The highest BCUT2D eigenvalue weighted by molar-refractivity contribution is 5.95. The molecular formula is C28H26N2O6. The van der Waals surface area contributed by atoms with Crippen molar-refractivity contribution in [2.24, 2.45) is 0 Å². The average molecular weight is 487 g/mol. The van der Waals surface area contributed by atoms with Crippen LogP contribution in [-0.2, 0) is 9.47 Å². The van der Waals surface area contributed by atoms with Crippen LogP contribution in [0.2, 0.25) is 0 Å². The number of amides is 1. The Morgan fingerprint density at radius 3 is 2.53 bits per heavy atom. The average Bonchev–Trinajstić information content (AvgIpc) is 2.91. The molecule has 0 heterocycles. The Balaban J connectivity index is 1.58. The fourth-order valence-electron chi connectivity index (χ4n) is 3.27. The smallest absolute Gasteiger partial charge is 0.335 e. The Hall–Kier alpha value is -4.45. The molecule has 2 N–H and O–H groups in total. The number of carbonyl (C=O) groups excluding carboxylic acids is 1. The van der Waals surface area contributed by atoms with E-state index in [0.717, 1.165) is 11.1 Å². The van der Waals surface area contributed by atoms with Gasteiger partial charge in [0.1, 0.15) is 5.75 Å². The standard InChI is InChI=1S/C28H26N2O6/c1-34-14-15-35-19-36-26-12-7-20(18-29)16-24(26)6-3-13-30-27(31)22-10-8-21(9-11-22)23-4-2-5-25(17-23)28(32)33/h2-12,16-17H,13-15,19H2,1H3,(H,30,31)(H,32,33)/b6-3+. The molecule has 0 aliphatic heterocycles. The number of carboxylic acids is 1. The van der Waals surface area contributed by atoms with E-state index < -0.39 is 5.97 Å². The Bertz CT molecular complexity index is 1260. The number of nitrogens with one attached hydrogen (secondary N) is 1. The molecule has 0 aromatic heterocycles. The second-order valence-electron chi connectivity index (χ2n) is 7.60. The molecule has 0 saturated heterocycles. The molecule has 0 aliphatic carbocycles. The zero-order valence-corrected chi connectivity index (χ0v) is 19.8. The summed E-state index contributed by atoms with van der Waals surface area (Å²) in [7, 11) is 1.59. The van der Waals surface area contributed by atoms with Crippen molar-refractivity contribution >= 4 is 18.0 Å². The topological polar surface area (TPSA) is 118 Å². The van der Waals surface area contributed by atoms with Crippen molar-refractivity contribution in [2.45, 2.75) is 0 Å². The molecule has 8 nitrogen and oxygen atoms in total. The minimum Gasteiger partial charge on any atom is -0.478 e. The molecule has 0 saturated carbocycles. The van der Waals surface area contributed by atoms with Gasteiger partial charge in [0.05, 0.1) is 30.4 Å². The number of methoxy groups -OCH3 is 1. The van der Waals surface area contributed by atoms with Gasteiger partial charge in [-0.3, -0.25) is 4.79 Å². The van der Waals surface area contributed by atoms with Gasteiger partial charge in [0.15, 0.2) is 6.79 Å². The van der Waals surface area contributed by atoms with Crippen LogP contribution in [0.5, 0.6) is 5.75 Å². The van der Waals surface area contributed by atoms with Crippen molar-refractivity contribution < 1.29 is 28.9 Å². The van der Waals surface area contributed by atoms with Gasteiger partial charge in [-0.25, -0.2) is 4.79 Å². The molecule has 0 fully saturated rings. The fraction of sp³-hybridized carbons (Fsp3) is 0.179. The van der Waals surface area contributed by atoms with E-state index in [4.69, 9.17) is 19.3 Å². The van der Waals surface area contributed by atoms with Gasteiger partial charge < -0.3 is 24.6 Å². The second kappa shape index (κ2) is 13.4. The summed E-state index contributed by atoms with van der Waals surface area (Å²) < 4.78 is 15.9. The molecular weight excluding hydrogens is 460 g/mol. The summed E-state index contributed by atoms with van der Waals surface area (Å²) in [4.78, 5) is 23.7. The third-order valence-electron chi connectivity index (χ3n) is 5.14. The lowest BCUT2D eigenvalue weighted by Gasteiger charge is -2.10. The lowest BCUT2D eigenvalue weighted by atomic mass is 10.0. The number of ether oxygens (including phenoxy) is 3. The summed E-state index contributed by atoms with van der Waals surface area (Å²) in [6.45, 7) is 1.18. The lowest BCUT2D eigenvalue weighted by Crippen LogP contribution is -2.23. The van der Waals surface area contributed by atoms with E-state index in [9.17, 15) is 14.9 Å². The van der Waals surface area contributed by atoms with Crippen LogP contribution in [0, 0.1) is 11.3 Å². The molecule has 0 radical (unpaired) electrons. The Kier molecular flexibility index (Phi) is 9.77. The van der Waals surface area contributed by atoms with E-state index in [1.54, 1.807) is 73.9 Å². The van der Waals surface area contributed by atoms with Crippen LogP contribution in [0.25, 0.3) is 17.2 Å². The molecule has 3 aromatic rings. The van der Waals surface area contributed by atoms with E-state index in [-0.39, 0.29) is 24.8 Å². The van der Waals surface area contributed by atoms with Gasteiger partial charge in [0.25, 0.3) is 5.91 Å². The highest BCUT2D eigenvalue weighted by atomic mass is 16.7. The van der Waals surface area contributed by atoms with Gasteiger partial charge in [0.2, 0.25) is 0 Å². The van der Waals surface area contributed by atoms with Gasteiger partial charge in [-0.1, -0.05) is 36.4 Å². The maximum Gasteiger partial charge on any atom is 0.335 e. The Morgan fingerprint density at radius 2 is 1.81 bits per heavy atom. The van der Waals surface area contributed by atoms with Crippen LogP contribution in [0.15, 0.2) is 72.8 Å². The summed E-state index contributed by atoms with van der Waals surface area (Å²) in [5, 5.41) is 21.2. The summed E-state index contributed by atoms with van der Waals surface area (Å²) in [6, 6.07) is 20.7. The van der Waals surface area contributed by atoms with E-state index in [0.29, 0.717) is 35.7 Å². The first kappa shape index (κ1) is 26.2.